The zero-order valence-electron chi connectivity index (χ0n) is 11.4. The topological polar surface area (TPSA) is 60.2 Å². The molecule has 0 aliphatic heterocycles. The molecule has 0 bridgehead atoms. The van der Waals surface area contributed by atoms with Crippen LogP contribution in [0.25, 0.3) is 0 Å². The molecule has 0 amide bonds. The molecule has 19 heavy (non-hydrogen) atoms. The maximum absolute atomic E-state index is 6.10. The molecule has 0 aliphatic rings. The third-order valence-electron chi connectivity index (χ3n) is 2.56. The van der Waals surface area contributed by atoms with Crippen LogP contribution in [0.4, 0.5) is 11.4 Å². The minimum Gasteiger partial charge on any atom is -0.489 e. The number of aromatic nitrogens is 1. The number of thiazole rings is 1. The fourth-order valence-electron chi connectivity index (χ4n) is 1.73. The van der Waals surface area contributed by atoms with Gasteiger partial charge >= 0.3 is 0 Å². The number of rotatable bonds is 5. The molecule has 1 aromatic carbocycles. The first kappa shape index (κ1) is 13.7. The number of hydrogen-bond acceptors (Lipinski definition) is 5. The molecule has 1 aromatic heterocycles. The minimum atomic E-state index is 0.110. The van der Waals surface area contributed by atoms with Gasteiger partial charge in [0.25, 0.3) is 0 Å². The monoisotopic (exact) mass is 277 g/mol. The predicted molar refractivity (Wildman–Crippen MR) is 80.8 cm³/mol. The minimum absolute atomic E-state index is 0.110. The molecule has 0 fully saturated rings. The summed E-state index contributed by atoms with van der Waals surface area (Å²) >= 11 is 1.65. The average Bonchev–Trinajstić information content (AvgIpc) is 2.76. The fourth-order valence-corrected chi connectivity index (χ4v) is 2.34. The van der Waals surface area contributed by atoms with Gasteiger partial charge in [-0.1, -0.05) is 6.07 Å². The van der Waals surface area contributed by atoms with Crippen molar-refractivity contribution < 1.29 is 4.74 Å². The van der Waals surface area contributed by atoms with Crippen LogP contribution in [-0.2, 0) is 6.54 Å². The van der Waals surface area contributed by atoms with Crippen molar-refractivity contribution in [3.8, 4) is 5.75 Å². The van der Waals surface area contributed by atoms with E-state index in [9.17, 15) is 0 Å². The van der Waals surface area contributed by atoms with Crippen molar-refractivity contribution in [3.63, 3.8) is 0 Å². The van der Waals surface area contributed by atoms with Crippen LogP contribution in [0.3, 0.4) is 0 Å². The van der Waals surface area contributed by atoms with Crippen LogP contribution < -0.4 is 15.8 Å². The lowest BCUT2D eigenvalue weighted by molar-refractivity contribution is 0.244. The molecule has 2 rings (SSSR count). The number of nitrogens with zero attached hydrogens (tertiary/aromatic N) is 1. The van der Waals surface area contributed by atoms with Crippen molar-refractivity contribution in [1.82, 2.24) is 4.98 Å². The summed E-state index contributed by atoms with van der Waals surface area (Å²) < 4.78 is 5.66. The summed E-state index contributed by atoms with van der Waals surface area (Å²) in [5, 5.41) is 6.41. The molecule has 0 saturated carbocycles. The van der Waals surface area contributed by atoms with Gasteiger partial charge in [0.2, 0.25) is 0 Å². The summed E-state index contributed by atoms with van der Waals surface area (Å²) in [6.07, 6.45) is 0.110. The van der Waals surface area contributed by atoms with E-state index < -0.39 is 0 Å². The van der Waals surface area contributed by atoms with Crippen molar-refractivity contribution in [1.29, 1.82) is 0 Å². The highest BCUT2D eigenvalue weighted by molar-refractivity contribution is 7.09. The van der Waals surface area contributed by atoms with E-state index in [1.165, 1.54) is 0 Å². The maximum Gasteiger partial charge on any atom is 0.144 e. The number of anilines is 2. The second kappa shape index (κ2) is 5.93. The number of para-hydroxylation sites is 1. The predicted octanol–water partition coefficient (Wildman–Crippen LogP) is 3.43. The number of ether oxygens (including phenoxy) is 1. The Morgan fingerprint density at radius 1 is 1.42 bits per heavy atom. The molecule has 0 radical (unpaired) electrons. The number of nitrogen functional groups attached to an aromatic ring is 1. The Morgan fingerprint density at radius 2 is 2.21 bits per heavy atom. The fraction of sp³-hybridized carbons (Fsp3) is 0.357. The Labute approximate surface area is 117 Å². The number of hydrogen-bond donors (Lipinski definition) is 2. The van der Waals surface area contributed by atoms with E-state index in [-0.39, 0.29) is 6.10 Å². The molecule has 3 N–H and O–H groups in total. The lowest BCUT2D eigenvalue weighted by Gasteiger charge is -2.15. The second-order valence-electron chi connectivity index (χ2n) is 4.60. The van der Waals surface area contributed by atoms with Gasteiger partial charge in [0.15, 0.2) is 0 Å². The average molecular weight is 277 g/mol. The van der Waals surface area contributed by atoms with Crippen LogP contribution in [0, 0.1) is 6.92 Å². The van der Waals surface area contributed by atoms with Crippen LogP contribution in [0.15, 0.2) is 23.6 Å². The highest BCUT2D eigenvalue weighted by atomic mass is 32.1. The summed E-state index contributed by atoms with van der Waals surface area (Å²) in [5.74, 6) is 0.717. The van der Waals surface area contributed by atoms with Crippen molar-refractivity contribution in [2.24, 2.45) is 0 Å². The largest absolute Gasteiger partial charge is 0.489 e. The van der Waals surface area contributed by atoms with Gasteiger partial charge in [-0.25, -0.2) is 4.98 Å². The van der Waals surface area contributed by atoms with Crippen LogP contribution in [0.2, 0.25) is 0 Å². The summed E-state index contributed by atoms with van der Waals surface area (Å²) in [7, 11) is 0. The first-order valence-electron chi connectivity index (χ1n) is 6.26. The van der Waals surface area contributed by atoms with E-state index in [0.29, 0.717) is 12.2 Å². The number of nitrogens with two attached hydrogens (primary N) is 1. The van der Waals surface area contributed by atoms with Gasteiger partial charge in [0, 0.05) is 5.38 Å². The van der Waals surface area contributed by atoms with Gasteiger partial charge in [-0.05, 0) is 32.9 Å². The summed E-state index contributed by atoms with van der Waals surface area (Å²) in [4.78, 5) is 4.41. The first-order valence-corrected chi connectivity index (χ1v) is 7.14. The van der Waals surface area contributed by atoms with Gasteiger partial charge in [0.1, 0.15) is 5.75 Å². The molecule has 0 aliphatic carbocycles. The van der Waals surface area contributed by atoms with Crippen LogP contribution >= 0.6 is 11.3 Å². The van der Waals surface area contributed by atoms with Gasteiger partial charge in [-0.2, -0.15) is 0 Å². The Balaban J connectivity index is 2.08. The van der Waals surface area contributed by atoms with E-state index in [1.807, 2.05) is 44.4 Å². The van der Waals surface area contributed by atoms with E-state index in [2.05, 4.69) is 10.3 Å². The normalized spacial score (nSPS) is 10.7. The Bertz CT molecular complexity index is 551. The molecule has 0 atom stereocenters. The molecular weight excluding hydrogens is 258 g/mol. The molecule has 5 heteroatoms. The van der Waals surface area contributed by atoms with E-state index in [0.717, 1.165) is 22.1 Å². The van der Waals surface area contributed by atoms with Crippen molar-refractivity contribution in [3.05, 3.63) is 34.3 Å². The summed E-state index contributed by atoms with van der Waals surface area (Å²) in [6, 6.07) is 5.76. The number of aryl methyl sites for hydroxylation is 1. The first-order chi connectivity index (χ1) is 9.06. The molecule has 2 aromatic rings. The van der Waals surface area contributed by atoms with Crippen molar-refractivity contribution in [2.45, 2.75) is 33.4 Å². The zero-order valence-corrected chi connectivity index (χ0v) is 12.3. The van der Waals surface area contributed by atoms with Gasteiger partial charge in [0.05, 0.1) is 34.7 Å². The molecule has 102 valence electrons. The van der Waals surface area contributed by atoms with Gasteiger partial charge in [-0.3, -0.25) is 0 Å². The van der Waals surface area contributed by atoms with E-state index in [4.69, 9.17) is 10.5 Å². The van der Waals surface area contributed by atoms with Crippen LogP contribution in [0.1, 0.15) is 24.5 Å². The molecule has 0 spiro atoms. The Hall–Kier alpha value is -1.75. The quantitative estimate of drug-likeness (QED) is 0.822. The standard InChI is InChI=1S/C14H19N3OS/c1-9(2)18-13-6-4-5-12(14(13)15)16-7-11-8-19-10(3)17-11/h4-6,8-9,16H,7,15H2,1-3H3. The molecule has 0 unspecified atom stereocenters. The Morgan fingerprint density at radius 3 is 2.84 bits per heavy atom. The van der Waals surface area contributed by atoms with E-state index in [1.54, 1.807) is 11.3 Å². The van der Waals surface area contributed by atoms with Gasteiger partial charge in [-0.15, -0.1) is 11.3 Å². The third-order valence-corrected chi connectivity index (χ3v) is 3.38. The summed E-state index contributed by atoms with van der Waals surface area (Å²) in [6.45, 7) is 6.63. The van der Waals surface area contributed by atoms with Crippen molar-refractivity contribution in [2.75, 3.05) is 11.1 Å². The van der Waals surface area contributed by atoms with Crippen molar-refractivity contribution >= 4 is 22.7 Å². The molecule has 4 nitrogen and oxygen atoms in total. The highest BCUT2D eigenvalue weighted by Gasteiger charge is 2.07. The smallest absolute Gasteiger partial charge is 0.144 e. The lowest BCUT2D eigenvalue weighted by atomic mass is 10.2. The summed E-state index contributed by atoms with van der Waals surface area (Å²) in [5.41, 5.74) is 8.64. The third kappa shape index (κ3) is 3.61. The van der Waals surface area contributed by atoms with Gasteiger partial charge < -0.3 is 15.8 Å². The van der Waals surface area contributed by atoms with Crippen LogP contribution in [0.5, 0.6) is 5.75 Å². The molecule has 0 saturated heterocycles. The van der Waals surface area contributed by atoms with Crippen LogP contribution in [-0.4, -0.2) is 11.1 Å². The lowest BCUT2D eigenvalue weighted by Crippen LogP contribution is -2.09. The second-order valence-corrected chi connectivity index (χ2v) is 5.66. The maximum atomic E-state index is 6.10. The molecule has 1 heterocycles. The number of nitrogens with one attached hydrogen (secondary N) is 1. The SMILES string of the molecule is Cc1nc(CNc2cccc(OC(C)C)c2N)cs1. The Kier molecular flexibility index (Phi) is 4.27. The highest BCUT2D eigenvalue weighted by Crippen LogP contribution is 2.30. The zero-order chi connectivity index (χ0) is 13.8. The molecular formula is C14H19N3OS. The van der Waals surface area contributed by atoms with E-state index >= 15 is 0 Å². The number of benzene rings is 1.